The van der Waals surface area contributed by atoms with Crippen LogP contribution >= 0.6 is 0 Å². The summed E-state index contributed by atoms with van der Waals surface area (Å²) in [5.41, 5.74) is 2.99. The second kappa shape index (κ2) is 6.57. The molecule has 0 spiro atoms. The average Bonchev–Trinajstić information content (AvgIpc) is 3.46. The molecule has 0 unspecified atom stereocenters. The Kier molecular flexibility index (Phi) is 4.37. The van der Waals surface area contributed by atoms with Gasteiger partial charge in [-0.05, 0) is 37.3 Å². The molecule has 1 aromatic heterocycles. The molecule has 0 saturated heterocycles. The van der Waals surface area contributed by atoms with Crippen molar-refractivity contribution in [3.8, 4) is 0 Å². The summed E-state index contributed by atoms with van der Waals surface area (Å²) in [5.74, 6) is 3.61. The van der Waals surface area contributed by atoms with Crippen molar-refractivity contribution in [2.45, 2.75) is 70.9 Å². The Morgan fingerprint density at radius 3 is 2.73 bits per heavy atom. The van der Waals surface area contributed by atoms with Gasteiger partial charge in [0.05, 0.1) is 0 Å². The number of anilines is 2. The van der Waals surface area contributed by atoms with Gasteiger partial charge >= 0.3 is 0 Å². The number of nitrogens with one attached hydrogen (secondary N) is 1. The lowest BCUT2D eigenvalue weighted by Gasteiger charge is -2.40. The Balaban J connectivity index is 1.69. The lowest BCUT2D eigenvalue weighted by atomic mass is 9.78. The maximum Gasteiger partial charge on any atom is 0.136 e. The van der Waals surface area contributed by atoms with Gasteiger partial charge in [0.25, 0.3) is 0 Å². The van der Waals surface area contributed by atoms with Crippen LogP contribution in [0.2, 0.25) is 0 Å². The molecule has 4 nitrogen and oxygen atoms in total. The fourth-order valence-corrected chi connectivity index (χ4v) is 3.87. The van der Waals surface area contributed by atoms with Crippen LogP contribution in [0.15, 0.2) is 30.3 Å². The van der Waals surface area contributed by atoms with E-state index < -0.39 is 0 Å². The molecule has 2 aromatic rings. The van der Waals surface area contributed by atoms with E-state index in [9.17, 15) is 0 Å². The van der Waals surface area contributed by atoms with Crippen molar-refractivity contribution in [3.05, 3.63) is 47.3 Å². The highest BCUT2D eigenvalue weighted by Gasteiger charge is 2.33. The fraction of sp³-hybridized carbons (Fsp3) is 0.545. The Morgan fingerprint density at radius 2 is 2.00 bits per heavy atom. The SMILES string of the molecule is CC[C@@H](C)Nc1cc(N2Cc3ccccc3C(C)(C)C2)nc(C2CC2)n1. The number of rotatable bonds is 5. The van der Waals surface area contributed by atoms with E-state index in [-0.39, 0.29) is 5.41 Å². The van der Waals surface area contributed by atoms with E-state index in [1.807, 2.05) is 0 Å². The van der Waals surface area contributed by atoms with Crippen molar-refractivity contribution in [2.24, 2.45) is 0 Å². The highest BCUT2D eigenvalue weighted by molar-refractivity contribution is 5.53. The van der Waals surface area contributed by atoms with Gasteiger partial charge in [0.1, 0.15) is 17.5 Å². The van der Waals surface area contributed by atoms with Crippen LogP contribution in [0.3, 0.4) is 0 Å². The van der Waals surface area contributed by atoms with Gasteiger partial charge in [0.15, 0.2) is 0 Å². The number of hydrogen-bond acceptors (Lipinski definition) is 4. The van der Waals surface area contributed by atoms with Crippen molar-refractivity contribution in [1.29, 1.82) is 0 Å². The molecule has 1 atom stereocenters. The third kappa shape index (κ3) is 3.42. The Bertz CT molecular complexity index is 794. The number of nitrogens with zero attached hydrogens (tertiary/aromatic N) is 3. The number of hydrogen-bond donors (Lipinski definition) is 1. The molecular weight excluding hydrogens is 320 g/mol. The predicted octanol–water partition coefficient (Wildman–Crippen LogP) is 4.86. The van der Waals surface area contributed by atoms with Crippen LogP contribution in [0.1, 0.15) is 69.8 Å². The summed E-state index contributed by atoms with van der Waals surface area (Å²) < 4.78 is 0. The van der Waals surface area contributed by atoms with Crippen LogP contribution in [0.5, 0.6) is 0 Å². The molecule has 0 radical (unpaired) electrons. The molecule has 0 amide bonds. The molecule has 2 heterocycles. The molecule has 0 bridgehead atoms. The fourth-order valence-electron chi connectivity index (χ4n) is 3.87. The van der Waals surface area contributed by atoms with Gasteiger partial charge in [-0.15, -0.1) is 0 Å². The molecule has 2 aliphatic rings. The van der Waals surface area contributed by atoms with E-state index in [4.69, 9.17) is 9.97 Å². The van der Waals surface area contributed by atoms with Crippen LogP contribution in [-0.2, 0) is 12.0 Å². The first-order chi connectivity index (χ1) is 12.5. The Labute approximate surface area is 157 Å². The van der Waals surface area contributed by atoms with Gasteiger partial charge in [-0.2, -0.15) is 0 Å². The summed E-state index contributed by atoms with van der Waals surface area (Å²) in [6.07, 6.45) is 3.53. The first-order valence-corrected chi connectivity index (χ1v) is 9.95. The third-order valence-corrected chi connectivity index (χ3v) is 5.70. The topological polar surface area (TPSA) is 41.0 Å². The zero-order valence-corrected chi connectivity index (χ0v) is 16.4. The van der Waals surface area contributed by atoms with Gasteiger partial charge in [-0.25, -0.2) is 9.97 Å². The smallest absolute Gasteiger partial charge is 0.136 e. The minimum atomic E-state index is 0.115. The third-order valence-electron chi connectivity index (χ3n) is 5.70. The highest BCUT2D eigenvalue weighted by Crippen LogP contribution is 2.40. The second-order valence-corrected chi connectivity index (χ2v) is 8.59. The summed E-state index contributed by atoms with van der Waals surface area (Å²) in [6.45, 7) is 11.0. The van der Waals surface area contributed by atoms with E-state index in [0.717, 1.165) is 37.0 Å². The highest BCUT2D eigenvalue weighted by atomic mass is 15.2. The van der Waals surface area contributed by atoms with E-state index in [1.54, 1.807) is 0 Å². The summed E-state index contributed by atoms with van der Waals surface area (Å²) in [6, 6.07) is 11.4. The maximum atomic E-state index is 4.97. The number of benzene rings is 1. The van der Waals surface area contributed by atoms with Crippen LogP contribution in [0, 0.1) is 0 Å². The van der Waals surface area contributed by atoms with Gasteiger partial charge in [-0.1, -0.05) is 45.0 Å². The molecule has 1 aliphatic heterocycles. The molecule has 26 heavy (non-hydrogen) atoms. The molecule has 138 valence electrons. The molecule has 1 N–H and O–H groups in total. The van der Waals surface area contributed by atoms with E-state index in [2.05, 4.69) is 68.2 Å². The minimum absolute atomic E-state index is 0.115. The van der Waals surface area contributed by atoms with Crippen molar-refractivity contribution < 1.29 is 0 Å². The normalized spacial score (nSPS) is 19.8. The summed E-state index contributed by atoms with van der Waals surface area (Å²) in [4.78, 5) is 12.2. The van der Waals surface area contributed by atoms with Crippen molar-refractivity contribution >= 4 is 11.6 Å². The quantitative estimate of drug-likeness (QED) is 0.836. The van der Waals surface area contributed by atoms with Crippen molar-refractivity contribution in [2.75, 3.05) is 16.8 Å². The zero-order valence-electron chi connectivity index (χ0n) is 16.4. The summed E-state index contributed by atoms with van der Waals surface area (Å²) >= 11 is 0. The maximum absolute atomic E-state index is 4.97. The molecule has 1 aliphatic carbocycles. The van der Waals surface area contributed by atoms with Crippen molar-refractivity contribution in [1.82, 2.24) is 9.97 Å². The van der Waals surface area contributed by atoms with E-state index >= 15 is 0 Å². The summed E-state index contributed by atoms with van der Waals surface area (Å²) in [5, 5.41) is 3.56. The standard InChI is InChI=1S/C22H30N4/c1-5-15(2)23-19-12-20(25-21(24-19)16-10-11-16)26-13-17-8-6-7-9-18(17)22(3,4)14-26/h6-9,12,15-16H,5,10-11,13-14H2,1-4H3,(H,23,24,25)/t15-/m1/s1. The predicted molar refractivity (Wildman–Crippen MR) is 108 cm³/mol. The molecule has 1 fully saturated rings. The molecule has 1 saturated carbocycles. The monoisotopic (exact) mass is 350 g/mol. The van der Waals surface area contributed by atoms with Gasteiger partial charge in [0, 0.05) is 36.5 Å². The number of aromatic nitrogens is 2. The van der Waals surface area contributed by atoms with E-state index in [1.165, 1.54) is 24.0 Å². The van der Waals surface area contributed by atoms with Crippen LogP contribution < -0.4 is 10.2 Å². The second-order valence-electron chi connectivity index (χ2n) is 8.59. The molecular formula is C22H30N4. The Morgan fingerprint density at radius 1 is 1.23 bits per heavy atom. The van der Waals surface area contributed by atoms with Gasteiger partial charge in [-0.3, -0.25) is 0 Å². The first kappa shape index (κ1) is 17.3. The van der Waals surface area contributed by atoms with Gasteiger partial charge in [0.2, 0.25) is 0 Å². The lowest BCUT2D eigenvalue weighted by Crippen LogP contribution is -2.42. The zero-order chi connectivity index (χ0) is 18.3. The lowest BCUT2D eigenvalue weighted by molar-refractivity contribution is 0.474. The van der Waals surface area contributed by atoms with Gasteiger partial charge < -0.3 is 10.2 Å². The average molecular weight is 351 g/mol. The molecule has 4 rings (SSSR count). The van der Waals surface area contributed by atoms with Crippen LogP contribution in [0.25, 0.3) is 0 Å². The number of fused-ring (bicyclic) bond motifs is 1. The Hall–Kier alpha value is -2.10. The first-order valence-electron chi connectivity index (χ1n) is 9.95. The molecule has 1 aromatic carbocycles. The molecule has 4 heteroatoms. The van der Waals surface area contributed by atoms with E-state index in [0.29, 0.717) is 12.0 Å². The van der Waals surface area contributed by atoms with Crippen LogP contribution in [0.4, 0.5) is 11.6 Å². The largest absolute Gasteiger partial charge is 0.367 e. The van der Waals surface area contributed by atoms with Crippen LogP contribution in [-0.4, -0.2) is 22.6 Å². The minimum Gasteiger partial charge on any atom is -0.367 e. The summed E-state index contributed by atoms with van der Waals surface area (Å²) in [7, 11) is 0. The van der Waals surface area contributed by atoms with Crippen molar-refractivity contribution in [3.63, 3.8) is 0 Å².